The maximum atomic E-state index is 11.4. The van der Waals surface area contributed by atoms with Gasteiger partial charge in [-0.2, -0.15) is 3.71 Å². The first-order valence-electron chi connectivity index (χ1n) is 4.39. The highest BCUT2D eigenvalue weighted by Gasteiger charge is 2.26. The van der Waals surface area contributed by atoms with E-state index in [1.807, 2.05) is 0 Å². The fourth-order valence-corrected chi connectivity index (χ4v) is 4.33. The number of hydrogen-bond donors (Lipinski definition) is 0. The smallest absolute Gasteiger partial charge is 0.206 e. The molecule has 0 aliphatic heterocycles. The molecule has 0 unspecified atom stereocenters. The molecule has 7 heteroatoms. The molecule has 0 aromatic heterocycles. The zero-order chi connectivity index (χ0) is 12.6. The molecule has 0 heterocycles. The molecule has 0 saturated heterocycles. The van der Waals surface area contributed by atoms with Gasteiger partial charge in [-0.1, -0.05) is 12.1 Å². The fraction of sp³-hybridized carbons (Fsp3) is 0.333. The van der Waals surface area contributed by atoms with E-state index in [-0.39, 0.29) is 5.69 Å². The van der Waals surface area contributed by atoms with E-state index in [4.69, 9.17) is 0 Å². The summed E-state index contributed by atoms with van der Waals surface area (Å²) in [6.07, 6.45) is 1.72. The number of aryl methyl sites for hydroxylation is 1. The van der Waals surface area contributed by atoms with Crippen LogP contribution in [-0.2, 0) is 20.0 Å². The van der Waals surface area contributed by atoms with Crippen molar-refractivity contribution in [3.05, 3.63) is 29.8 Å². The molecular weight excluding hydrogens is 250 g/mol. The lowest BCUT2D eigenvalue weighted by atomic mass is 10.2. The lowest BCUT2D eigenvalue weighted by Crippen LogP contribution is -2.35. The largest absolute Gasteiger partial charge is 0.245 e. The van der Waals surface area contributed by atoms with Crippen molar-refractivity contribution >= 4 is 25.7 Å². The van der Waals surface area contributed by atoms with Crippen LogP contribution in [0.15, 0.2) is 24.3 Å². The highest BCUT2D eigenvalue weighted by Crippen LogP contribution is 2.21. The minimum Gasteiger partial charge on any atom is -0.206 e. The van der Waals surface area contributed by atoms with Crippen LogP contribution in [0.25, 0.3) is 0 Å². The molecule has 0 atom stereocenters. The van der Waals surface area contributed by atoms with Gasteiger partial charge in [-0.3, -0.25) is 0 Å². The molecule has 1 rings (SSSR count). The van der Waals surface area contributed by atoms with Crippen molar-refractivity contribution in [2.75, 3.05) is 16.2 Å². The van der Waals surface area contributed by atoms with E-state index >= 15 is 0 Å². The van der Waals surface area contributed by atoms with Crippen LogP contribution < -0.4 is 3.71 Å². The Morgan fingerprint density at radius 3 is 1.88 bits per heavy atom. The summed E-state index contributed by atoms with van der Waals surface area (Å²) in [6.45, 7) is 1.76. The van der Waals surface area contributed by atoms with E-state index in [2.05, 4.69) is 0 Å². The highest BCUT2D eigenvalue weighted by atomic mass is 32.3. The molecule has 16 heavy (non-hydrogen) atoms. The summed E-state index contributed by atoms with van der Waals surface area (Å²) >= 11 is 0. The second-order valence-electron chi connectivity index (χ2n) is 3.56. The Kier molecular flexibility index (Phi) is 3.30. The zero-order valence-corrected chi connectivity index (χ0v) is 10.8. The standard InChI is InChI=1S/C9H13NO4S2/c1-8-5-4-6-9(7-8)10(15(2,11)12)16(3,13)14/h4-7H,1-3H3. The fourth-order valence-electron chi connectivity index (χ4n) is 1.37. The molecule has 0 saturated carbocycles. The Morgan fingerprint density at radius 1 is 1.00 bits per heavy atom. The summed E-state index contributed by atoms with van der Waals surface area (Å²) in [5.41, 5.74) is 0.916. The van der Waals surface area contributed by atoms with E-state index < -0.39 is 20.0 Å². The first-order valence-corrected chi connectivity index (χ1v) is 8.09. The Hall–Kier alpha value is -1.08. The zero-order valence-electron chi connectivity index (χ0n) is 9.21. The molecule has 0 N–H and O–H groups in total. The summed E-state index contributed by atoms with van der Waals surface area (Å²) in [6, 6.07) is 6.30. The molecule has 0 aliphatic carbocycles. The van der Waals surface area contributed by atoms with Gasteiger partial charge in [-0.25, -0.2) is 16.8 Å². The third kappa shape index (κ3) is 2.96. The molecule has 1 aromatic carbocycles. The molecular formula is C9H13NO4S2. The minimum atomic E-state index is -3.85. The Morgan fingerprint density at radius 2 is 1.50 bits per heavy atom. The van der Waals surface area contributed by atoms with E-state index in [1.54, 1.807) is 19.1 Å². The van der Waals surface area contributed by atoms with Crippen LogP contribution in [0.5, 0.6) is 0 Å². The summed E-state index contributed by atoms with van der Waals surface area (Å²) in [5.74, 6) is 0. The van der Waals surface area contributed by atoms with Crippen LogP contribution in [0, 0.1) is 6.92 Å². The molecule has 90 valence electrons. The molecule has 5 nitrogen and oxygen atoms in total. The van der Waals surface area contributed by atoms with Gasteiger partial charge in [0.05, 0.1) is 18.2 Å². The molecule has 1 aromatic rings. The first-order chi connectivity index (χ1) is 7.12. The van der Waals surface area contributed by atoms with Crippen molar-refractivity contribution in [3.63, 3.8) is 0 Å². The summed E-state index contributed by atoms with van der Waals surface area (Å²) in [5, 5.41) is 0. The summed E-state index contributed by atoms with van der Waals surface area (Å²) < 4.78 is 46.2. The molecule has 0 radical (unpaired) electrons. The van der Waals surface area contributed by atoms with E-state index in [0.29, 0.717) is 3.71 Å². The Balaban J connectivity index is 3.47. The minimum absolute atomic E-state index is 0.130. The topological polar surface area (TPSA) is 71.5 Å². The van der Waals surface area contributed by atoms with Crippen molar-refractivity contribution in [1.29, 1.82) is 0 Å². The van der Waals surface area contributed by atoms with Crippen LogP contribution in [0.3, 0.4) is 0 Å². The third-order valence-electron chi connectivity index (χ3n) is 1.81. The normalized spacial score (nSPS) is 12.4. The Bertz CT molecular complexity index is 558. The number of benzene rings is 1. The van der Waals surface area contributed by atoms with Gasteiger partial charge in [-0.15, -0.1) is 0 Å². The van der Waals surface area contributed by atoms with Gasteiger partial charge in [0.2, 0.25) is 20.0 Å². The number of sulfonamides is 2. The molecule has 0 amide bonds. The maximum absolute atomic E-state index is 11.4. The second-order valence-corrected chi connectivity index (χ2v) is 7.46. The Labute approximate surface area is 95.8 Å². The van der Waals surface area contributed by atoms with Crippen LogP contribution in [-0.4, -0.2) is 29.3 Å². The number of anilines is 1. The SMILES string of the molecule is Cc1cccc(N(S(C)(=O)=O)S(C)(=O)=O)c1. The molecule has 0 fully saturated rings. The summed E-state index contributed by atoms with van der Waals surface area (Å²) in [4.78, 5) is 0. The predicted molar refractivity (Wildman–Crippen MR) is 63.3 cm³/mol. The number of nitrogens with zero attached hydrogens (tertiary/aromatic N) is 1. The van der Waals surface area contributed by atoms with Gasteiger partial charge in [0, 0.05) is 0 Å². The van der Waals surface area contributed by atoms with Gasteiger partial charge in [0.1, 0.15) is 0 Å². The van der Waals surface area contributed by atoms with E-state index in [1.165, 1.54) is 12.1 Å². The molecule has 0 bridgehead atoms. The van der Waals surface area contributed by atoms with Crippen molar-refractivity contribution < 1.29 is 16.8 Å². The van der Waals surface area contributed by atoms with Crippen molar-refractivity contribution in [2.24, 2.45) is 0 Å². The summed E-state index contributed by atoms with van der Waals surface area (Å²) in [7, 11) is -7.69. The van der Waals surface area contributed by atoms with E-state index in [9.17, 15) is 16.8 Å². The van der Waals surface area contributed by atoms with Gasteiger partial charge >= 0.3 is 0 Å². The van der Waals surface area contributed by atoms with Crippen molar-refractivity contribution in [3.8, 4) is 0 Å². The quantitative estimate of drug-likeness (QED) is 0.805. The van der Waals surface area contributed by atoms with Crippen LogP contribution in [0.1, 0.15) is 5.56 Å². The van der Waals surface area contributed by atoms with Crippen molar-refractivity contribution in [2.45, 2.75) is 6.92 Å². The van der Waals surface area contributed by atoms with Gasteiger partial charge in [-0.05, 0) is 24.6 Å². The maximum Gasteiger partial charge on any atom is 0.245 e. The lowest BCUT2D eigenvalue weighted by molar-refractivity contribution is 0.590. The van der Waals surface area contributed by atoms with E-state index in [0.717, 1.165) is 18.1 Å². The number of rotatable bonds is 3. The van der Waals surface area contributed by atoms with Crippen LogP contribution >= 0.6 is 0 Å². The third-order valence-corrected chi connectivity index (χ3v) is 5.07. The molecule has 0 spiro atoms. The predicted octanol–water partition coefficient (Wildman–Crippen LogP) is 0.721. The van der Waals surface area contributed by atoms with Crippen molar-refractivity contribution in [1.82, 2.24) is 0 Å². The first kappa shape index (κ1) is 13.0. The van der Waals surface area contributed by atoms with Gasteiger partial charge in [0.25, 0.3) is 0 Å². The van der Waals surface area contributed by atoms with Gasteiger partial charge < -0.3 is 0 Å². The highest BCUT2D eigenvalue weighted by molar-refractivity contribution is 8.09. The lowest BCUT2D eigenvalue weighted by Gasteiger charge is -2.19. The average Bonchev–Trinajstić information content (AvgIpc) is 1.97. The van der Waals surface area contributed by atoms with Gasteiger partial charge in [0.15, 0.2) is 0 Å². The van der Waals surface area contributed by atoms with Crippen LogP contribution in [0.2, 0.25) is 0 Å². The van der Waals surface area contributed by atoms with Crippen LogP contribution in [0.4, 0.5) is 5.69 Å². The second kappa shape index (κ2) is 4.06. The molecule has 0 aliphatic rings. The monoisotopic (exact) mass is 263 g/mol. The average molecular weight is 263 g/mol. The number of hydrogen-bond acceptors (Lipinski definition) is 4.